The summed E-state index contributed by atoms with van der Waals surface area (Å²) in [4.78, 5) is 14.6. The van der Waals surface area contributed by atoms with Crippen molar-refractivity contribution in [3.05, 3.63) is 50.6 Å². The summed E-state index contributed by atoms with van der Waals surface area (Å²) in [6, 6.07) is 9.62. The average molecular weight is 340 g/mol. The maximum Gasteiger partial charge on any atom is 0.338 e. The molecule has 0 amide bonds. The van der Waals surface area contributed by atoms with E-state index in [2.05, 4.69) is 28.9 Å². The number of hydrogen-bond donors (Lipinski definition) is 1. The van der Waals surface area contributed by atoms with Gasteiger partial charge in [-0.2, -0.15) is 0 Å². The highest BCUT2D eigenvalue weighted by Gasteiger charge is 2.21. The van der Waals surface area contributed by atoms with E-state index in [1.807, 2.05) is 35.5 Å². The summed E-state index contributed by atoms with van der Waals surface area (Å²) < 4.78 is 0.600. The number of thiophene rings is 1. The van der Waals surface area contributed by atoms with Gasteiger partial charge >= 0.3 is 5.97 Å². The van der Waals surface area contributed by atoms with E-state index in [1.54, 1.807) is 17.4 Å². The van der Waals surface area contributed by atoms with Gasteiger partial charge in [-0.25, -0.2) is 4.79 Å². The molecule has 1 heterocycles. The Bertz CT molecular complexity index is 583. The zero-order chi connectivity index (χ0) is 14.0. The van der Waals surface area contributed by atoms with Crippen molar-refractivity contribution >= 4 is 38.9 Å². The molecular formula is C14H14BrNO2S. The van der Waals surface area contributed by atoms with Crippen LogP contribution in [-0.2, 0) is 0 Å². The SMILES string of the molecule is CC(c1cccs1)N(C)c1cccc(Br)c1C(=O)O. The van der Waals surface area contributed by atoms with Crippen molar-refractivity contribution < 1.29 is 9.90 Å². The van der Waals surface area contributed by atoms with Gasteiger partial charge in [-0.05, 0) is 46.4 Å². The first-order valence-corrected chi connectivity index (χ1v) is 7.47. The van der Waals surface area contributed by atoms with Crippen LogP contribution in [0.1, 0.15) is 28.2 Å². The van der Waals surface area contributed by atoms with Gasteiger partial charge in [-0.1, -0.05) is 12.1 Å². The van der Waals surface area contributed by atoms with Crippen LogP contribution in [-0.4, -0.2) is 18.1 Å². The number of carboxylic acid groups (broad SMARTS) is 1. The lowest BCUT2D eigenvalue weighted by atomic mass is 10.1. The van der Waals surface area contributed by atoms with Crippen molar-refractivity contribution in [3.8, 4) is 0 Å². The number of anilines is 1. The lowest BCUT2D eigenvalue weighted by molar-refractivity contribution is 0.0696. The monoisotopic (exact) mass is 339 g/mol. The Morgan fingerprint density at radius 1 is 1.37 bits per heavy atom. The highest BCUT2D eigenvalue weighted by atomic mass is 79.9. The highest BCUT2D eigenvalue weighted by molar-refractivity contribution is 9.10. The molecule has 0 saturated heterocycles. The van der Waals surface area contributed by atoms with Gasteiger partial charge in [-0.3, -0.25) is 0 Å². The van der Waals surface area contributed by atoms with Crippen LogP contribution in [0.5, 0.6) is 0 Å². The summed E-state index contributed by atoms with van der Waals surface area (Å²) in [5.41, 5.74) is 1.01. The van der Waals surface area contributed by atoms with Gasteiger partial charge in [0, 0.05) is 16.4 Å². The third kappa shape index (κ3) is 2.82. The van der Waals surface area contributed by atoms with Gasteiger partial charge in [0.1, 0.15) is 0 Å². The van der Waals surface area contributed by atoms with Gasteiger partial charge in [0.05, 0.1) is 17.3 Å². The van der Waals surface area contributed by atoms with Crippen LogP contribution < -0.4 is 4.90 Å². The molecule has 1 N–H and O–H groups in total. The molecule has 1 atom stereocenters. The molecule has 0 saturated carbocycles. The average Bonchev–Trinajstić information content (AvgIpc) is 2.90. The quantitative estimate of drug-likeness (QED) is 0.896. The Labute approximate surface area is 124 Å². The van der Waals surface area contributed by atoms with Crippen LogP contribution in [0.4, 0.5) is 5.69 Å². The summed E-state index contributed by atoms with van der Waals surface area (Å²) in [6.45, 7) is 2.07. The Morgan fingerprint density at radius 2 is 2.11 bits per heavy atom. The summed E-state index contributed by atoms with van der Waals surface area (Å²) >= 11 is 4.98. The standard InChI is InChI=1S/C14H14BrNO2S/c1-9(12-7-4-8-19-12)16(2)11-6-3-5-10(15)13(11)14(17)18/h3-9H,1-2H3,(H,17,18). The molecule has 19 heavy (non-hydrogen) atoms. The molecule has 5 heteroatoms. The third-order valence-corrected chi connectivity index (χ3v) is 4.82. The van der Waals surface area contributed by atoms with Crippen molar-refractivity contribution in [2.24, 2.45) is 0 Å². The fourth-order valence-electron chi connectivity index (χ4n) is 1.95. The number of carboxylic acids is 1. The number of aromatic carboxylic acids is 1. The predicted molar refractivity (Wildman–Crippen MR) is 82.2 cm³/mol. The minimum atomic E-state index is -0.923. The number of rotatable bonds is 4. The summed E-state index contributed by atoms with van der Waals surface area (Å²) in [5.74, 6) is -0.923. The molecule has 1 aromatic carbocycles. The second-order valence-corrected chi connectivity index (χ2v) is 6.08. The van der Waals surface area contributed by atoms with E-state index in [0.717, 1.165) is 0 Å². The predicted octanol–water partition coefficient (Wildman–Crippen LogP) is 4.41. The summed E-state index contributed by atoms with van der Waals surface area (Å²) in [6.07, 6.45) is 0. The maximum atomic E-state index is 11.4. The van der Waals surface area contributed by atoms with Crippen LogP contribution in [0.15, 0.2) is 40.2 Å². The fraction of sp³-hybridized carbons (Fsp3) is 0.214. The minimum absolute atomic E-state index is 0.132. The smallest absolute Gasteiger partial charge is 0.338 e. The minimum Gasteiger partial charge on any atom is -0.478 e. The zero-order valence-corrected chi connectivity index (χ0v) is 13.0. The lowest BCUT2D eigenvalue weighted by Crippen LogP contribution is -2.23. The molecule has 0 aliphatic rings. The Morgan fingerprint density at radius 3 is 2.68 bits per heavy atom. The van der Waals surface area contributed by atoms with Crippen molar-refractivity contribution in [1.82, 2.24) is 0 Å². The Kier molecular flexibility index (Phi) is 4.27. The largest absolute Gasteiger partial charge is 0.478 e. The van der Waals surface area contributed by atoms with Gasteiger partial charge in [0.25, 0.3) is 0 Å². The lowest BCUT2D eigenvalue weighted by Gasteiger charge is -2.28. The van der Waals surface area contributed by atoms with Crippen LogP contribution in [0, 0.1) is 0 Å². The first-order chi connectivity index (χ1) is 9.02. The number of nitrogens with zero attached hydrogens (tertiary/aromatic N) is 1. The molecule has 0 radical (unpaired) electrons. The molecule has 100 valence electrons. The van der Waals surface area contributed by atoms with Crippen LogP contribution in [0.3, 0.4) is 0 Å². The highest BCUT2D eigenvalue weighted by Crippen LogP contribution is 2.33. The summed E-state index contributed by atoms with van der Waals surface area (Å²) in [5, 5.41) is 11.4. The normalized spacial score (nSPS) is 12.2. The van der Waals surface area contributed by atoms with Crippen molar-refractivity contribution in [3.63, 3.8) is 0 Å². The van der Waals surface area contributed by atoms with Gasteiger partial charge in [-0.15, -0.1) is 11.3 Å². The molecule has 0 aliphatic heterocycles. The van der Waals surface area contributed by atoms with Crippen molar-refractivity contribution in [1.29, 1.82) is 0 Å². The molecule has 0 spiro atoms. The first-order valence-electron chi connectivity index (χ1n) is 5.80. The first kappa shape index (κ1) is 14.1. The molecule has 0 bridgehead atoms. The second-order valence-electron chi connectivity index (χ2n) is 4.24. The molecule has 2 rings (SSSR count). The van der Waals surface area contributed by atoms with Crippen LogP contribution in [0.2, 0.25) is 0 Å². The van der Waals surface area contributed by atoms with Gasteiger partial charge in [0.2, 0.25) is 0 Å². The van der Waals surface area contributed by atoms with Crippen LogP contribution in [0.25, 0.3) is 0 Å². The summed E-state index contributed by atoms with van der Waals surface area (Å²) in [7, 11) is 1.92. The van der Waals surface area contributed by atoms with E-state index in [4.69, 9.17) is 0 Å². The topological polar surface area (TPSA) is 40.5 Å². The molecule has 0 aliphatic carbocycles. The van der Waals surface area contributed by atoms with E-state index >= 15 is 0 Å². The van der Waals surface area contributed by atoms with E-state index in [1.165, 1.54) is 4.88 Å². The fourth-order valence-corrected chi connectivity index (χ4v) is 3.30. The van der Waals surface area contributed by atoms with Crippen molar-refractivity contribution in [2.75, 3.05) is 11.9 Å². The maximum absolute atomic E-state index is 11.4. The van der Waals surface area contributed by atoms with E-state index in [0.29, 0.717) is 15.7 Å². The molecule has 1 unspecified atom stereocenters. The molecule has 2 aromatic rings. The number of hydrogen-bond acceptors (Lipinski definition) is 3. The van der Waals surface area contributed by atoms with Gasteiger partial charge < -0.3 is 10.0 Å². The van der Waals surface area contributed by atoms with E-state index < -0.39 is 5.97 Å². The van der Waals surface area contributed by atoms with Gasteiger partial charge in [0.15, 0.2) is 0 Å². The zero-order valence-electron chi connectivity index (χ0n) is 10.6. The van der Waals surface area contributed by atoms with Crippen LogP contribution >= 0.6 is 27.3 Å². The molecule has 0 fully saturated rings. The number of benzene rings is 1. The van der Waals surface area contributed by atoms with E-state index in [9.17, 15) is 9.90 Å². The Hall–Kier alpha value is -1.33. The third-order valence-electron chi connectivity index (χ3n) is 3.12. The molecule has 3 nitrogen and oxygen atoms in total. The van der Waals surface area contributed by atoms with E-state index in [-0.39, 0.29) is 6.04 Å². The number of halogens is 1. The number of carbonyl (C=O) groups is 1. The second kappa shape index (κ2) is 5.75. The van der Waals surface area contributed by atoms with Crippen molar-refractivity contribution in [2.45, 2.75) is 13.0 Å². The molecular weight excluding hydrogens is 326 g/mol. The molecule has 1 aromatic heterocycles. The Balaban J connectivity index is 2.42.